The summed E-state index contributed by atoms with van der Waals surface area (Å²) in [7, 11) is -9.91. The predicted molar refractivity (Wildman–Crippen MR) is 391 cm³/mol. The fraction of sp³-hybridized carbons (Fsp3) is 0.948. The molecule has 2 unspecified atom stereocenters. The van der Waals surface area contributed by atoms with Gasteiger partial charge in [-0.25, -0.2) is 9.13 Å². The first kappa shape index (κ1) is 94.1. The average Bonchev–Trinajstić information content (AvgIpc) is 1.60. The van der Waals surface area contributed by atoms with Crippen LogP contribution in [0.2, 0.25) is 0 Å². The Morgan fingerprint density at radius 2 is 0.479 bits per heavy atom. The molecule has 0 radical (unpaired) electrons. The smallest absolute Gasteiger partial charge is 0.462 e. The van der Waals surface area contributed by atoms with Crippen LogP contribution in [0.4, 0.5) is 0 Å². The quantitative estimate of drug-likeness (QED) is 0.0222. The summed E-state index contributed by atoms with van der Waals surface area (Å²) < 4.78 is 68.5. The SMILES string of the molecule is CCCCCCCCCCCCCCCC(=O)OC[C@H](COP(=O)(O)OC[C@@H](O)COP(=O)(O)OC[C@@H](COC(=O)CCCCCCCCCCC)OC(=O)CCCCCCCCCCCCCCC)OC(=O)CCCCCCCCCCCCCCCCCCCCC(C)C. The highest BCUT2D eigenvalue weighted by Crippen LogP contribution is 2.45. The number of aliphatic hydroxyl groups excluding tert-OH is 1. The van der Waals surface area contributed by atoms with E-state index in [1.165, 1.54) is 231 Å². The number of carbonyl (C=O) groups is 4. The van der Waals surface area contributed by atoms with Crippen LogP contribution in [0.25, 0.3) is 0 Å². The monoisotopic (exact) mass is 1410 g/mol. The van der Waals surface area contributed by atoms with E-state index in [9.17, 15) is 43.2 Å². The lowest BCUT2D eigenvalue weighted by Gasteiger charge is -2.21. The number of ether oxygens (including phenoxy) is 4. The minimum atomic E-state index is -4.96. The lowest BCUT2D eigenvalue weighted by atomic mass is 10.0. The number of carbonyl (C=O) groups excluding carboxylic acids is 4. The molecule has 0 rings (SSSR count). The molecule has 0 heterocycles. The van der Waals surface area contributed by atoms with Crippen molar-refractivity contribution in [2.75, 3.05) is 39.6 Å². The van der Waals surface area contributed by atoms with Gasteiger partial charge in [0.15, 0.2) is 12.2 Å². The minimum absolute atomic E-state index is 0.108. The predicted octanol–water partition coefficient (Wildman–Crippen LogP) is 22.9. The molecule has 0 amide bonds. The second-order valence-electron chi connectivity index (χ2n) is 28.2. The third-order valence-corrected chi connectivity index (χ3v) is 19.9. The Hall–Kier alpha value is -1.94. The molecule has 17 nitrogen and oxygen atoms in total. The number of phosphoric acid groups is 2. The maximum Gasteiger partial charge on any atom is 0.472 e. The average molecular weight is 1410 g/mol. The van der Waals surface area contributed by atoms with Crippen LogP contribution in [0.5, 0.6) is 0 Å². The van der Waals surface area contributed by atoms with Crippen molar-refractivity contribution in [1.82, 2.24) is 0 Å². The van der Waals surface area contributed by atoms with Crippen molar-refractivity contribution in [3.63, 3.8) is 0 Å². The number of unbranched alkanes of at least 4 members (excludes halogenated alkanes) is 49. The maximum absolute atomic E-state index is 13.1. The first-order valence-corrected chi connectivity index (χ1v) is 43.1. The molecule has 0 aromatic heterocycles. The van der Waals surface area contributed by atoms with Crippen LogP contribution in [0.3, 0.4) is 0 Å². The Kier molecular flexibility index (Phi) is 68.7. The Balaban J connectivity index is 5.19. The number of aliphatic hydroxyl groups is 1. The highest BCUT2D eigenvalue weighted by atomic mass is 31.2. The molecule has 0 spiro atoms. The lowest BCUT2D eigenvalue weighted by molar-refractivity contribution is -0.161. The van der Waals surface area contributed by atoms with E-state index in [2.05, 4.69) is 34.6 Å². The molecule has 0 saturated carbocycles. The van der Waals surface area contributed by atoms with Crippen LogP contribution >= 0.6 is 15.6 Å². The molecule has 0 aliphatic carbocycles. The van der Waals surface area contributed by atoms with Crippen LogP contribution in [0.15, 0.2) is 0 Å². The van der Waals surface area contributed by atoms with Gasteiger partial charge in [0, 0.05) is 25.7 Å². The highest BCUT2D eigenvalue weighted by Gasteiger charge is 2.30. The van der Waals surface area contributed by atoms with E-state index in [4.69, 9.17) is 37.0 Å². The van der Waals surface area contributed by atoms with Crippen LogP contribution < -0.4 is 0 Å². The van der Waals surface area contributed by atoms with E-state index in [0.717, 1.165) is 95.8 Å². The summed E-state index contributed by atoms with van der Waals surface area (Å²) in [4.78, 5) is 72.8. The second-order valence-corrected chi connectivity index (χ2v) is 31.1. The molecule has 0 aliphatic rings. The molecule has 570 valence electrons. The zero-order valence-electron chi connectivity index (χ0n) is 62.5. The molecule has 3 N–H and O–H groups in total. The molecule has 0 aromatic carbocycles. The van der Waals surface area contributed by atoms with Crippen molar-refractivity contribution in [3.8, 4) is 0 Å². The van der Waals surface area contributed by atoms with Gasteiger partial charge in [-0.3, -0.25) is 37.3 Å². The summed E-state index contributed by atoms with van der Waals surface area (Å²) >= 11 is 0. The van der Waals surface area contributed by atoms with Gasteiger partial charge in [0.2, 0.25) is 0 Å². The Morgan fingerprint density at radius 3 is 0.708 bits per heavy atom. The summed E-state index contributed by atoms with van der Waals surface area (Å²) in [5.41, 5.74) is 0. The molecule has 0 aliphatic heterocycles. The van der Waals surface area contributed by atoms with Crippen molar-refractivity contribution in [2.45, 2.75) is 425 Å². The molecule has 96 heavy (non-hydrogen) atoms. The van der Waals surface area contributed by atoms with Gasteiger partial charge < -0.3 is 33.8 Å². The van der Waals surface area contributed by atoms with Crippen molar-refractivity contribution >= 4 is 39.5 Å². The molecule has 0 saturated heterocycles. The number of esters is 4. The van der Waals surface area contributed by atoms with Gasteiger partial charge in [0.1, 0.15) is 19.3 Å². The zero-order chi connectivity index (χ0) is 70.5. The summed E-state index contributed by atoms with van der Waals surface area (Å²) in [6.07, 6.45) is 59.6. The van der Waals surface area contributed by atoms with E-state index >= 15 is 0 Å². The first-order valence-electron chi connectivity index (χ1n) is 40.1. The molecule has 0 bridgehead atoms. The third kappa shape index (κ3) is 70.5. The van der Waals surface area contributed by atoms with Gasteiger partial charge in [0.05, 0.1) is 26.4 Å². The standard InChI is InChI=1S/C77H150O17P2/c1-6-9-12-15-18-21-23-31-36-41-46-51-56-61-75(80)88-67-73(94-77(82)63-58-53-48-43-38-34-30-28-26-25-27-29-33-35-40-44-49-54-59-70(4)5)69-92-96(85,86)90-65-71(78)64-89-95(83,84)91-68-72(66-87-74(79)60-55-50-45-39-20-17-14-11-8-3)93-76(81)62-57-52-47-42-37-32-24-22-19-16-13-10-7-2/h70-73,78H,6-69H2,1-5H3,(H,83,84)(H,85,86)/t71-,72+,73+/m0/s1. The van der Waals surface area contributed by atoms with E-state index in [0.29, 0.717) is 25.7 Å². The topological polar surface area (TPSA) is 237 Å². The van der Waals surface area contributed by atoms with Crippen molar-refractivity contribution < 1.29 is 80.2 Å². The molecule has 19 heteroatoms. The highest BCUT2D eigenvalue weighted by molar-refractivity contribution is 7.47. The van der Waals surface area contributed by atoms with E-state index in [-0.39, 0.29) is 25.7 Å². The first-order chi connectivity index (χ1) is 46.5. The molecule has 5 atom stereocenters. The van der Waals surface area contributed by atoms with Gasteiger partial charge in [-0.2, -0.15) is 0 Å². The maximum atomic E-state index is 13.1. The van der Waals surface area contributed by atoms with Crippen LogP contribution in [0, 0.1) is 5.92 Å². The minimum Gasteiger partial charge on any atom is -0.462 e. The van der Waals surface area contributed by atoms with Crippen molar-refractivity contribution in [3.05, 3.63) is 0 Å². The van der Waals surface area contributed by atoms with Crippen molar-refractivity contribution in [1.29, 1.82) is 0 Å². The van der Waals surface area contributed by atoms with E-state index in [1.54, 1.807) is 0 Å². The third-order valence-electron chi connectivity index (χ3n) is 18.0. The summed E-state index contributed by atoms with van der Waals surface area (Å²) in [6, 6.07) is 0. The van der Waals surface area contributed by atoms with Gasteiger partial charge in [-0.15, -0.1) is 0 Å². The van der Waals surface area contributed by atoms with Gasteiger partial charge in [0.25, 0.3) is 0 Å². The van der Waals surface area contributed by atoms with E-state index in [1.807, 2.05) is 0 Å². The molecule has 0 aromatic rings. The zero-order valence-corrected chi connectivity index (χ0v) is 64.3. The Bertz CT molecular complexity index is 1840. The number of phosphoric ester groups is 2. The second kappa shape index (κ2) is 70.1. The summed E-state index contributed by atoms with van der Waals surface area (Å²) in [5.74, 6) is -1.29. The fourth-order valence-corrected chi connectivity index (χ4v) is 13.5. The number of rotatable bonds is 77. The Morgan fingerprint density at radius 1 is 0.281 bits per heavy atom. The summed E-state index contributed by atoms with van der Waals surface area (Å²) in [5, 5.41) is 10.6. The van der Waals surface area contributed by atoms with Crippen molar-refractivity contribution in [2.24, 2.45) is 5.92 Å². The largest absolute Gasteiger partial charge is 0.472 e. The molecular weight excluding hydrogens is 1260 g/mol. The van der Waals surface area contributed by atoms with E-state index < -0.39 is 97.5 Å². The molecular formula is C77H150O17P2. The number of hydrogen-bond acceptors (Lipinski definition) is 15. The van der Waals surface area contributed by atoms with Crippen LogP contribution in [-0.2, 0) is 65.4 Å². The fourth-order valence-electron chi connectivity index (χ4n) is 11.9. The van der Waals surface area contributed by atoms with Gasteiger partial charge >= 0.3 is 39.5 Å². The van der Waals surface area contributed by atoms with Gasteiger partial charge in [-0.1, -0.05) is 356 Å². The normalized spacial score (nSPS) is 13.9. The Labute approximate surface area is 588 Å². The number of hydrogen-bond donors (Lipinski definition) is 3. The lowest BCUT2D eigenvalue weighted by Crippen LogP contribution is -2.30. The van der Waals surface area contributed by atoms with Crippen LogP contribution in [0.1, 0.15) is 407 Å². The molecule has 0 fully saturated rings. The van der Waals surface area contributed by atoms with Crippen LogP contribution in [-0.4, -0.2) is 96.7 Å². The van der Waals surface area contributed by atoms with Gasteiger partial charge in [-0.05, 0) is 31.6 Å². The summed E-state index contributed by atoms with van der Waals surface area (Å²) in [6.45, 7) is 7.32.